The van der Waals surface area contributed by atoms with Crippen molar-refractivity contribution in [1.82, 2.24) is 20.3 Å². The molecule has 1 aromatic heterocycles. The average molecular weight is 302 g/mol. The third kappa shape index (κ3) is 3.51. The number of nitrogens with zero attached hydrogens (tertiary/aromatic N) is 3. The van der Waals surface area contributed by atoms with E-state index >= 15 is 0 Å². The van der Waals surface area contributed by atoms with Crippen molar-refractivity contribution in [2.45, 2.75) is 40.2 Å². The van der Waals surface area contributed by atoms with Crippen LogP contribution >= 0.6 is 0 Å². The SMILES string of the molecule is CCCCNC(=O)c1nn(-c2ccc(C)c(C)c2)nc1CO. The van der Waals surface area contributed by atoms with Gasteiger partial charge in [-0.15, -0.1) is 10.2 Å². The maximum Gasteiger partial charge on any atom is 0.273 e. The van der Waals surface area contributed by atoms with E-state index in [1.54, 1.807) is 0 Å². The fourth-order valence-corrected chi connectivity index (χ4v) is 2.05. The Bertz CT molecular complexity index is 664. The van der Waals surface area contributed by atoms with Crippen LogP contribution < -0.4 is 5.32 Å². The van der Waals surface area contributed by atoms with Crippen LogP contribution in [0.4, 0.5) is 0 Å². The lowest BCUT2D eigenvalue weighted by Crippen LogP contribution is -2.26. The minimum atomic E-state index is -0.318. The van der Waals surface area contributed by atoms with E-state index in [0.717, 1.165) is 24.1 Å². The maximum absolute atomic E-state index is 12.1. The van der Waals surface area contributed by atoms with Crippen molar-refractivity contribution in [3.63, 3.8) is 0 Å². The van der Waals surface area contributed by atoms with Crippen molar-refractivity contribution in [2.24, 2.45) is 0 Å². The maximum atomic E-state index is 12.1. The van der Waals surface area contributed by atoms with Gasteiger partial charge in [0, 0.05) is 6.54 Å². The third-order valence-electron chi connectivity index (χ3n) is 3.59. The zero-order chi connectivity index (χ0) is 16.1. The first-order valence-corrected chi connectivity index (χ1v) is 7.49. The molecule has 0 aliphatic rings. The van der Waals surface area contributed by atoms with Gasteiger partial charge >= 0.3 is 0 Å². The molecule has 0 atom stereocenters. The van der Waals surface area contributed by atoms with Crippen molar-refractivity contribution in [3.8, 4) is 5.69 Å². The summed E-state index contributed by atoms with van der Waals surface area (Å²) in [5.41, 5.74) is 3.53. The molecule has 22 heavy (non-hydrogen) atoms. The molecule has 0 fully saturated rings. The highest BCUT2D eigenvalue weighted by molar-refractivity contribution is 5.93. The predicted octanol–water partition coefficient (Wildman–Crippen LogP) is 1.91. The van der Waals surface area contributed by atoms with Gasteiger partial charge in [0.2, 0.25) is 0 Å². The summed E-state index contributed by atoms with van der Waals surface area (Å²) in [5, 5.41) is 20.6. The lowest BCUT2D eigenvalue weighted by Gasteiger charge is -2.03. The van der Waals surface area contributed by atoms with Gasteiger partial charge in [-0.1, -0.05) is 19.4 Å². The normalized spacial score (nSPS) is 10.7. The average Bonchev–Trinajstić information content (AvgIpc) is 2.94. The Morgan fingerprint density at radius 3 is 2.68 bits per heavy atom. The van der Waals surface area contributed by atoms with Crippen molar-refractivity contribution in [1.29, 1.82) is 0 Å². The first-order valence-electron chi connectivity index (χ1n) is 7.49. The lowest BCUT2D eigenvalue weighted by molar-refractivity contribution is 0.0944. The molecular formula is C16H22N4O2. The quantitative estimate of drug-likeness (QED) is 0.799. The van der Waals surface area contributed by atoms with Crippen LogP contribution in [0, 0.1) is 13.8 Å². The zero-order valence-corrected chi connectivity index (χ0v) is 13.3. The van der Waals surface area contributed by atoms with Gasteiger partial charge in [-0.05, 0) is 43.5 Å². The van der Waals surface area contributed by atoms with Gasteiger partial charge in [-0.3, -0.25) is 4.79 Å². The molecule has 2 N–H and O–H groups in total. The fraction of sp³-hybridized carbons (Fsp3) is 0.438. The number of hydrogen-bond acceptors (Lipinski definition) is 4. The first-order chi connectivity index (χ1) is 10.6. The predicted molar refractivity (Wildman–Crippen MR) is 84.0 cm³/mol. The van der Waals surface area contributed by atoms with Crippen LogP contribution in [0.2, 0.25) is 0 Å². The van der Waals surface area contributed by atoms with E-state index in [1.807, 2.05) is 32.0 Å². The summed E-state index contributed by atoms with van der Waals surface area (Å²) in [4.78, 5) is 13.5. The number of aliphatic hydroxyl groups is 1. The Hall–Kier alpha value is -2.21. The van der Waals surface area contributed by atoms with Crippen molar-refractivity contribution in [2.75, 3.05) is 6.54 Å². The molecule has 6 nitrogen and oxygen atoms in total. The summed E-state index contributed by atoms with van der Waals surface area (Å²) in [6.45, 7) is 6.37. The molecule has 1 aromatic carbocycles. The summed E-state index contributed by atoms with van der Waals surface area (Å²) >= 11 is 0. The second-order valence-corrected chi connectivity index (χ2v) is 5.32. The van der Waals surface area contributed by atoms with E-state index in [0.29, 0.717) is 6.54 Å². The molecule has 0 spiro atoms. The van der Waals surface area contributed by atoms with Gasteiger partial charge in [-0.2, -0.15) is 4.80 Å². The number of amides is 1. The highest BCUT2D eigenvalue weighted by Crippen LogP contribution is 2.14. The molecule has 0 saturated heterocycles. The molecular weight excluding hydrogens is 280 g/mol. The number of aromatic nitrogens is 3. The number of carbonyl (C=O) groups is 1. The van der Waals surface area contributed by atoms with E-state index < -0.39 is 0 Å². The molecule has 118 valence electrons. The van der Waals surface area contributed by atoms with Crippen LogP contribution in [-0.4, -0.2) is 32.6 Å². The topological polar surface area (TPSA) is 80.0 Å². The monoisotopic (exact) mass is 302 g/mol. The van der Waals surface area contributed by atoms with Crippen LogP contribution in [0.25, 0.3) is 5.69 Å². The number of carbonyl (C=O) groups excluding carboxylic acids is 1. The molecule has 2 rings (SSSR count). The van der Waals surface area contributed by atoms with Crippen LogP contribution in [0.3, 0.4) is 0 Å². The number of aryl methyl sites for hydroxylation is 2. The second kappa shape index (κ2) is 7.17. The van der Waals surface area contributed by atoms with E-state index in [2.05, 4.69) is 22.4 Å². The summed E-state index contributed by atoms with van der Waals surface area (Å²) in [7, 11) is 0. The van der Waals surface area contributed by atoms with Crippen molar-refractivity contribution in [3.05, 3.63) is 40.7 Å². The second-order valence-electron chi connectivity index (χ2n) is 5.32. The van der Waals surface area contributed by atoms with Crippen molar-refractivity contribution < 1.29 is 9.90 Å². The summed E-state index contributed by atoms with van der Waals surface area (Å²) in [6.07, 6.45) is 1.91. The van der Waals surface area contributed by atoms with Gasteiger partial charge in [-0.25, -0.2) is 0 Å². The lowest BCUT2D eigenvalue weighted by atomic mass is 10.1. The number of hydrogen-bond donors (Lipinski definition) is 2. The van der Waals surface area contributed by atoms with Crippen molar-refractivity contribution >= 4 is 5.91 Å². The Morgan fingerprint density at radius 2 is 2.05 bits per heavy atom. The molecule has 0 saturated carbocycles. The fourth-order valence-electron chi connectivity index (χ4n) is 2.05. The van der Waals surface area contributed by atoms with Crippen LogP contribution in [-0.2, 0) is 6.61 Å². The number of rotatable bonds is 6. The molecule has 2 aromatic rings. The van der Waals surface area contributed by atoms with Gasteiger partial charge in [0.15, 0.2) is 5.69 Å². The molecule has 0 bridgehead atoms. The van der Waals surface area contributed by atoms with E-state index in [1.165, 1.54) is 10.4 Å². The van der Waals surface area contributed by atoms with Gasteiger partial charge < -0.3 is 10.4 Å². The first kappa shape index (κ1) is 16.2. The number of unbranched alkanes of at least 4 members (excludes halogenated alkanes) is 1. The van der Waals surface area contributed by atoms with E-state index in [4.69, 9.17) is 0 Å². The van der Waals surface area contributed by atoms with Gasteiger partial charge in [0.05, 0.1) is 12.3 Å². The third-order valence-corrected chi connectivity index (χ3v) is 3.59. The smallest absolute Gasteiger partial charge is 0.273 e. The largest absolute Gasteiger partial charge is 0.390 e. The highest BCUT2D eigenvalue weighted by Gasteiger charge is 2.18. The Balaban J connectivity index is 2.27. The molecule has 0 aliphatic carbocycles. The Morgan fingerprint density at radius 1 is 1.27 bits per heavy atom. The van der Waals surface area contributed by atoms with Crippen LogP contribution in [0.15, 0.2) is 18.2 Å². The Labute approximate surface area is 130 Å². The minimum absolute atomic E-state index is 0.178. The van der Waals surface area contributed by atoms with E-state index in [-0.39, 0.29) is 23.9 Å². The summed E-state index contributed by atoms with van der Waals surface area (Å²) < 4.78 is 0. The Kier molecular flexibility index (Phi) is 5.27. The minimum Gasteiger partial charge on any atom is -0.390 e. The molecule has 1 heterocycles. The van der Waals surface area contributed by atoms with Gasteiger partial charge in [0.1, 0.15) is 5.69 Å². The van der Waals surface area contributed by atoms with Gasteiger partial charge in [0.25, 0.3) is 5.91 Å². The molecule has 0 unspecified atom stereocenters. The summed E-state index contributed by atoms with van der Waals surface area (Å²) in [5.74, 6) is -0.299. The zero-order valence-electron chi connectivity index (χ0n) is 13.3. The molecule has 0 aliphatic heterocycles. The van der Waals surface area contributed by atoms with E-state index in [9.17, 15) is 9.90 Å². The molecule has 1 amide bonds. The summed E-state index contributed by atoms with van der Waals surface area (Å²) in [6, 6.07) is 5.82. The molecule has 0 radical (unpaired) electrons. The highest BCUT2D eigenvalue weighted by atomic mass is 16.3. The van der Waals surface area contributed by atoms with Crippen LogP contribution in [0.1, 0.15) is 47.1 Å². The standard InChI is InChI=1S/C16H22N4O2/c1-4-5-8-17-16(22)15-14(10-21)18-20(19-15)13-7-6-11(2)12(3)9-13/h6-7,9,21H,4-5,8,10H2,1-3H3,(H,17,22). The number of aliphatic hydroxyl groups excluding tert-OH is 1. The molecule has 6 heteroatoms. The number of benzene rings is 1. The van der Waals surface area contributed by atoms with Crippen LogP contribution in [0.5, 0.6) is 0 Å². The number of nitrogens with one attached hydrogen (secondary N) is 1.